The average Bonchev–Trinajstić information content (AvgIpc) is 2.40. The molecule has 0 amide bonds. The van der Waals surface area contributed by atoms with E-state index in [2.05, 4.69) is 0 Å². The molecule has 0 unspecified atom stereocenters. The second kappa shape index (κ2) is 6.03. The third-order valence-electron chi connectivity index (χ3n) is 4.89. The van der Waals surface area contributed by atoms with Crippen LogP contribution in [-0.2, 0) is 0 Å². The lowest BCUT2D eigenvalue weighted by atomic mass is 9.85. The maximum Gasteiger partial charge on any atom is 0.399 e. The monoisotopic (exact) mass is 320 g/mol. The van der Waals surface area contributed by atoms with Gasteiger partial charge in [-0.15, -0.1) is 0 Å². The Bertz CT molecular complexity index is 636. The molecule has 0 aromatic heterocycles. The van der Waals surface area contributed by atoms with Crippen molar-refractivity contribution in [3.05, 3.63) is 68.8 Å². The minimum Gasteiger partial charge on any atom is -0.170 e. The molecule has 2 rings (SSSR count). The molecule has 0 nitrogen and oxygen atoms in total. The Balaban J connectivity index is 2.69. The van der Waals surface area contributed by atoms with Gasteiger partial charge in [0.1, 0.15) is 5.92 Å². The first-order valence-corrected chi connectivity index (χ1v) is 7.74. The summed E-state index contributed by atoms with van der Waals surface area (Å²) in [5, 5.41) is 0. The number of hydrogen-bond acceptors (Lipinski definition) is 0. The predicted molar refractivity (Wildman–Crippen MR) is 89.2 cm³/mol. The van der Waals surface area contributed by atoms with Gasteiger partial charge in [-0.25, -0.2) is 0 Å². The highest BCUT2D eigenvalue weighted by Crippen LogP contribution is 2.42. The SMILES string of the molecule is Cc1cc(C(c2cc(C)c(C)c(C)c2)C(F)(F)F)cc(C)c1C. The Morgan fingerprint density at radius 1 is 0.609 bits per heavy atom. The van der Waals surface area contributed by atoms with Gasteiger partial charge in [0.25, 0.3) is 0 Å². The minimum absolute atomic E-state index is 0.320. The molecule has 2 aromatic carbocycles. The molecule has 0 saturated heterocycles. The molecule has 0 aliphatic heterocycles. The molecule has 0 spiro atoms. The number of hydrogen-bond donors (Lipinski definition) is 0. The van der Waals surface area contributed by atoms with E-state index >= 15 is 0 Å². The number of aryl methyl sites for hydroxylation is 4. The second-order valence-electron chi connectivity index (χ2n) is 6.53. The Kier molecular flexibility index (Phi) is 4.61. The van der Waals surface area contributed by atoms with Crippen LogP contribution in [0.3, 0.4) is 0 Å². The van der Waals surface area contributed by atoms with E-state index in [9.17, 15) is 13.2 Å². The molecule has 0 aliphatic carbocycles. The molecule has 3 heteroatoms. The van der Waals surface area contributed by atoms with Gasteiger partial charge < -0.3 is 0 Å². The third kappa shape index (κ3) is 3.44. The van der Waals surface area contributed by atoms with E-state index in [0.29, 0.717) is 11.1 Å². The van der Waals surface area contributed by atoms with Crippen molar-refractivity contribution >= 4 is 0 Å². The van der Waals surface area contributed by atoms with E-state index in [1.165, 1.54) is 0 Å². The first-order chi connectivity index (χ1) is 10.5. The molecule has 2 aromatic rings. The Morgan fingerprint density at radius 3 is 1.09 bits per heavy atom. The summed E-state index contributed by atoms with van der Waals surface area (Å²) in [6.07, 6.45) is -4.32. The quantitative estimate of drug-likeness (QED) is 0.615. The third-order valence-corrected chi connectivity index (χ3v) is 4.89. The smallest absolute Gasteiger partial charge is 0.170 e. The summed E-state index contributed by atoms with van der Waals surface area (Å²) in [7, 11) is 0. The summed E-state index contributed by atoms with van der Waals surface area (Å²) >= 11 is 0. The van der Waals surface area contributed by atoms with Crippen LogP contribution in [0.15, 0.2) is 24.3 Å². The maximum atomic E-state index is 13.8. The van der Waals surface area contributed by atoms with Crippen LogP contribution in [0, 0.1) is 41.5 Å². The molecule has 0 N–H and O–H groups in total. The average molecular weight is 320 g/mol. The summed E-state index contributed by atoms with van der Waals surface area (Å²) in [4.78, 5) is 0. The Morgan fingerprint density at radius 2 is 0.870 bits per heavy atom. The lowest BCUT2D eigenvalue weighted by Crippen LogP contribution is -2.22. The van der Waals surface area contributed by atoms with Gasteiger partial charge in [0.15, 0.2) is 0 Å². The van der Waals surface area contributed by atoms with Crippen LogP contribution >= 0.6 is 0 Å². The van der Waals surface area contributed by atoms with Crippen molar-refractivity contribution in [2.75, 3.05) is 0 Å². The second-order valence-corrected chi connectivity index (χ2v) is 6.53. The number of alkyl halides is 3. The molecule has 23 heavy (non-hydrogen) atoms. The molecular formula is C20H23F3. The van der Waals surface area contributed by atoms with Crippen LogP contribution in [0.1, 0.15) is 50.4 Å². The highest BCUT2D eigenvalue weighted by molar-refractivity contribution is 5.46. The molecule has 0 bridgehead atoms. The lowest BCUT2D eigenvalue weighted by Gasteiger charge is -2.24. The Hall–Kier alpha value is -1.77. The summed E-state index contributed by atoms with van der Waals surface area (Å²) in [6.45, 7) is 11.3. The topological polar surface area (TPSA) is 0 Å². The number of halogens is 3. The van der Waals surface area contributed by atoms with Gasteiger partial charge in [0.05, 0.1) is 0 Å². The van der Waals surface area contributed by atoms with E-state index in [4.69, 9.17) is 0 Å². The van der Waals surface area contributed by atoms with Crippen LogP contribution in [0.5, 0.6) is 0 Å². The maximum absolute atomic E-state index is 13.8. The van der Waals surface area contributed by atoms with Crippen molar-refractivity contribution in [2.45, 2.75) is 53.6 Å². The summed E-state index contributed by atoms with van der Waals surface area (Å²) in [5.41, 5.74) is 6.33. The van der Waals surface area contributed by atoms with E-state index in [1.807, 2.05) is 41.5 Å². The normalized spacial score (nSPS) is 12.1. The van der Waals surface area contributed by atoms with Gasteiger partial charge in [-0.05, 0) is 86.1 Å². The van der Waals surface area contributed by atoms with Gasteiger partial charge in [-0.1, -0.05) is 24.3 Å². The molecule has 0 atom stereocenters. The van der Waals surface area contributed by atoms with E-state index in [1.54, 1.807) is 24.3 Å². The predicted octanol–water partition coefficient (Wildman–Crippen LogP) is 6.23. The van der Waals surface area contributed by atoms with Gasteiger partial charge in [-0.3, -0.25) is 0 Å². The molecular weight excluding hydrogens is 297 g/mol. The van der Waals surface area contributed by atoms with Crippen molar-refractivity contribution < 1.29 is 13.2 Å². The fourth-order valence-electron chi connectivity index (χ4n) is 3.04. The van der Waals surface area contributed by atoms with Crippen LogP contribution < -0.4 is 0 Å². The minimum atomic E-state index is -4.32. The summed E-state index contributed by atoms with van der Waals surface area (Å²) in [6, 6.07) is 6.69. The molecule has 0 fully saturated rings. The largest absolute Gasteiger partial charge is 0.399 e. The molecule has 0 aliphatic rings. The van der Waals surface area contributed by atoms with Crippen LogP contribution in [0.4, 0.5) is 13.2 Å². The standard InChI is InChI=1S/C20H23F3/c1-11-7-17(8-12(2)15(11)5)19(20(21,22)23)18-9-13(3)16(6)14(4)10-18/h7-10,19H,1-6H3. The van der Waals surface area contributed by atoms with Crippen LogP contribution in [0.25, 0.3) is 0 Å². The zero-order valence-corrected chi connectivity index (χ0v) is 14.5. The molecule has 0 saturated carbocycles. The van der Waals surface area contributed by atoms with Gasteiger partial charge in [0, 0.05) is 0 Å². The summed E-state index contributed by atoms with van der Waals surface area (Å²) in [5.74, 6) is -1.58. The van der Waals surface area contributed by atoms with E-state index in [0.717, 1.165) is 33.4 Å². The zero-order chi connectivity index (χ0) is 17.5. The van der Waals surface area contributed by atoms with Crippen molar-refractivity contribution in [3.8, 4) is 0 Å². The number of rotatable bonds is 2. The fraction of sp³-hybridized carbons (Fsp3) is 0.400. The molecule has 124 valence electrons. The van der Waals surface area contributed by atoms with Gasteiger partial charge in [-0.2, -0.15) is 13.2 Å². The highest BCUT2D eigenvalue weighted by Gasteiger charge is 2.42. The first-order valence-electron chi connectivity index (χ1n) is 7.74. The molecule has 0 heterocycles. The van der Waals surface area contributed by atoms with Crippen LogP contribution in [-0.4, -0.2) is 6.18 Å². The number of benzene rings is 2. The highest BCUT2D eigenvalue weighted by atomic mass is 19.4. The van der Waals surface area contributed by atoms with E-state index in [-0.39, 0.29) is 0 Å². The zero-order valence-electron chi connectivity index (χ0n) is 14.5. The van der Waals surface area contributed by atoms with Crippen molar-refractivity contribution in [2.24, 2.45) is 0 Å². The van der Waals surface area contributed by atoms with Crippen LogP contribution in [0.2, 0.25) is 0 Å². The van der Waals surface area contributed by atoms with Crippen molar-refractivity contribution in [1.29, 1.82) is 0 Å². The van der Waals surface area contributed by atoms with Gasteiger partial charge >= 0.3 is 6.18 Å². The molecule has 0 radical (unpaired) electrons. The first kappa shape index (κ1) is 17.6. The summed E-state index contributed by atoms with van der Waals surface area (Å²) < 4.78 is 41.5. The van der Waals surface area contributed by atoms with Crippen molar-refractivity contribution in [1.82, 2.24) is 0 Å². The van der Waals surface area contributed by atoms with Gasteiger partial charge in [0.2, 0.25) is 0 Å². The lowest BCUT2D eigenvalue weighted by molar-refractivity contribution is -0.141. The van der Waals surface area contributed by atoms with Crippen molar-refractivity contribution in [3.63, 3.8) is 0 Å². The van der Waals surface area contributed by atoms with E-state index < -0.39 is 12.1 Å². The fourth-order valence-corrected chi connectivity index (χ4v) is 3.04. The Labute approximate surface area is 136 Å².